The first kappa shape index (κ1) is 30.3. The Morgan fingerprint density at radius 1 is 1.02 bits per heavy atom. The summed E-state index contributed by atoms with van der Waals surface area (Å²) < 4.78 is 41.6. The summed E-state index contributed by atoms with van der Waals surface area (Å²) in [6.07, 6.45) is 7.43. The van der Waals surface area contributed by atoms with E-state index in [4.69, 9.17) is 22.1 Å². The third kappa shape index (κ3) is 7.82. The van der Waals surface area contributed by atoms with Crippen molar-refractivity contribution in [2.24, 2.45) is 11.7 Å². The lowest BCUT2D eigenvalue weighted by molar-refractivity contribution is -0.145. The van der Waals surface area contributed by atoms with Crippen LogP contribution in [0.15, 0.2) is 65.6 Å². The van der Waals surface area contributed by atoms with E-state index >= 15 is 8.78 Å². The normalized spacial score (nSPS) is 17.9. The van der Waals surface area contributed by atoms with Gasteiger partial charge in [-0.1, -0.05) is 55.1 Å². The molecule has 2 aliphatic rings. The van der Waals surface area contributed by atoms with Crippen molar-refractivity contribution >= 4 is 40.8 Å². The van der Waals surface area contributed by atoms with E-state index in [0.29, 0.717) is 47.7 Å². The van der Waals surface area contributed by atoms with Crippen LogP contribution in [-0.2, 0) is 10.7 Å². The topological polar surface area (TPSA) is 67.6 Å². The number of piperidine rings is 1. The number of amides is 1. The minimum absolute atomic E-state index is 0.0162. The van der Waals surface area contributed by atoms with Crippen LogP contribution in [-0.4, -0.2) is 42.6 Å². The van der Waals surface area contributed by atoms with Gasteiger partial charge in [0.05, 0.1) is 10.9 Å². The molecule has 10 heteroatoms. The lowest BCUT2D eigenvalue weighted by atomic mass is 9.90. The van der Waals surface area contributed by atoms with Crippen molar-refractivity contribution in [2.45, 2.75) is 67.8 Å². The smallest absolute Gasteiger partial charge is 0.298 e. The van der Waals surface area contributed by atoms with E-state index in [9.17, 15) is 4.79 Å². The molecule has 1 saturated carbocycles. The van der Waals surface area contributed by atoms with Gasteiger partial charge in [0.1, 0.15) is 5.75 Å². The lowest BCUT2D eigenvalue weighted by Gasteiger charge is -2.35. The monoisotopic (exact) mass is 619 g/mol. The van der Waals surface area contributed by atoms with E-state index in [1.807, 2.05) is 30.3 Å². The molecule has 2 fully saturated rings. The van der Waals surface area contributed by atoms with Gasteiger partial charge in [0.15, 0.2) is 6.04 Å². The van der Waals surface area contributed by atoms with Crippen LogP contribution >= 0.6 is 34.9 Å². The number of benzene rings is 2. The van der Waals surface area contributed by atoms with E-state index < -0.39 is 17.9 Å². The van der Waals surface area contributed by atoms with E-state index in [-0.39, 0.29) is 11.6 Å². The van der Waals surface area contributed by atoms with Gasteiger partial charge in [-0.05, 0) is 85.5 Å². The van der Waals surface area contributed by atoms with Gasteiger partial charge in [-0.15, -0.1) is 11.3 Å². The second-order valence-electron chi connectivity index (χ2n) is 10.9. The molecule has 1 aromatic heterocycles. The molecule has 41 heavy (non-hydrogen) atoms. The van der Waals surface area contributed by atoms with Crippen LogP contribution < -0.4 is 15.2 Å². The number of nitrogens with zero attached hydrogens (tertiary/aromatic N) is 1. The van der Waals surface area contributed by atoms with E-state index in [2.05, 4.69) is 4.72 Å². The van der Waals surface area contributed by atoms with Gasteiger partial charge < -0.3 is 15.4 Å². The van der Waals surface area contributed by atoms with Gasteiger partial charge in [-0.25, -0.2) is 4.72 Å². The number of ether oxygens (including phenoxy) is 1. The van der Waals surface area contributed by atoms with Crippen LogP contribution in [0.5, 0.6) is 5.75 Å². The number of halogens is 3. The Labute approximate surface area is 253 Å². The fraction of sp³-hybridized carbons (Fsp3) is 0.452. The van der Waals surface area contributed by atoms with Crippen LogP contribution in [0.3, 0.4) is 0 Å². The molecule has 0 spiro atoms. The maximum atomic E-state index is 16.1. The molecule has 5 rings (SSSR count). The summed E-state index contributed by atoms with van der Waals surface area (Å²) in [4.78, 5) is 16.6. The number of likely N-dealkylation sites (tertiary alicyclic amines) is 1. The molecule has 1 saturated heterocycles. The van der Waals surface area contributed by atoms with Crippen molar-refractivity contribution in [3.8, 4) is 16.2 Å². The van der Waals surface area contributed by atoms with Crippen LogP contribution in [0.1, 0.15) is 50.5 Å². The first-order chi connectivity index (χ1) is 19.8. The Morgan fingerprint density at radius 3 is 2.34 bits per heavy atom. The molecule has 220 valence electrons. The number of hydrogen-bond donors (Lipinski definition) is 2. The number of carbonyl (C=O) groups is 1. The summed E-state index contributed by atoms with van der Waals surface area (Å²) in [5.74, 6) is -2.74. The number of hydrogen-bond acceptors (Lipinski definition) is 6. The highest BCUT2D eigenvalue weighted by Crippen LogP contribution is 2.38. The zero-order chi connectivity index (χ0) is 28.8. The summed E-state index contributed by atoms with van der Waals surface area (Å²) in [6.45, 7) is 1.43. The average Bonchev–Trinajstić information content (AvgIpc) is 3.43. The molecule has 2 heterocycles. The van der Waals surface area contributed by atoms with Crippen LogP contribution in [0.25, 0.3) is 10.4 Å². The van der Waals surface area contributed by atoms with Crippen LogP contribution in [0.2, 0.25) is 4.34 Å². The third-order valence-electron chi connectivity index (χ3n) is 7.92. The van der Waals surface area contributed by atoms with Gasteiger partial charge >= 0.3 is 0 Å². The Kier molecular flexibility index (Phi) is 10.2. The van der Waals surface area contributed by atoms with Crippen LogP contribution in [0, 0.1) is 5.92 Å². The molecule has 0 bridgehead atoms. The minimum Gasteiger partial charge on any atom is -0.493 e. The first-order valence-electron chi connectivity index (χ1n) is 14.2. The number of nitrogens with one attached hydrogen (secondary N) is 1. The second kappa shape index (κ2) is 13.9. The number of alkyl halides is 2. The molecule has 1 aliphatic carbocycles. The summed E-state index contributed by atoms with van der Waals surface area (Å²) >= 11 is 8.46. The summed E-state index contributed by atoms with van der Waals surface area (Å²) in [6, 6.07) is 15.3. The largest absolute Gasteiger partial charge is 0.493 e. The predicted molar refractivity (Wildman–Crippen MR) is 164 cm³/mol. The van der Waals surface area contributed by atoms with Gasteiger partial charge in [-0.3, -0.25) is 4.79 Å². The van der Waals surface area contributed by atoms with Crippen LogP contribution in [0.4, 0.5) is 8.78 Å². The standard InChI is InChI=1S/C31H36ClF2N3O2S2/c32-28-15-14-27(40-28)22-6-8-23(9-7-22)31(33,34)29(30(38)37-18-16-24(35)17-19-37)36-41-26-12-10-25(11-13-26)39-20-21-4-2-1-3-5-21/h6-15,21,24,29,36H,1-5,16-20,35H2. The SMILES string of the molecule is NC1CCN(C(=O)C(NSc2ccc(OCC3CCCCC3)cc2)C(F)(F)c2ccc(-c3ccc(Cl)s3)cc2)CC1. The Balaban J connectivity index is 1.28. The van der Waals surface area contributed by atoms with Gasteiger partial charge in [0.25, 0.3) is 5.92 Å². The molecule has 5 nitrogen and oxygen atoms in total. The zero-order valence-corrected chi connectivity index (χ0v) is 25.3. The molecule has 3 N–H and O–H groups in total. The molecular formula is C31H36ClF2N3O2S2. The number of carbonyl (C=O) groups excluding carboxylic acids is 1. The molecule has 1 aliphatic heterocycles. The number of nitrogens with two attached hydrogens (primary N) is 1. The predicted octanol–water partition coefficient (Wildman–Crippen LogP) is 7.73. The fourth-order valence-corrected chi connectivity index (χ4v) is 7.20. The van der Waals surface area contributed by atoms with Crippen molar-refractivity contribution in [1.29, 1.82) is 0 Å². The molecule has 3 aromatic rings. The Morgan fingerprint density at radius 2 is 1.71 bits per heavy atom. The highest BCUT2D eigenvalue weighted by molar-refractivity contribution is 7.97. The second-order valence-corrected chi connectivity index (χ2v) is 13.5. The number of rotatable bonds is 10. The maximum absolute atomic E-state index is 16.1. The zero-order valence-electron chi connectivity index (χ0n) is 22.9. The Bertz CT molecular complexity index is 1280. The number of thiophene rings is 1. The summed E-state index contributed by atoms with van der Waals surface area (Å²) in [5.41, 5.74) is 6.57. The van der Waals surface area contributed by atoms with Crippen molar-refractivity contribution < 1.29 is 18.3 Å². The lowest BCUT2D eigenvalue weighted by Crippen LogP contribution is -2.55. The van der Waals surface area contributed by atoms with Gasteiger partial charge in [0.2, 0.25) is 5.91 Å². The molecule has 1 amide bonds. The average molecular weight is 620 g/mol. The molecular weight excluding hydrogens is 584 g/mol. The highest BCUT2D eigenvalue weighted by Gasteiger charge is 2.48. The van der Waals surface area contributed by atoms with Gasteiger partial charge in [-0.2, -0.15) is 8.78 Å². The molecule has 1 atom stereocenters. The quantitative estimate of drug-likeness (QED) is 0.227. The summed E-state index contributed by atoms with van der Waals surface area (Å²) in [7, 11) is 0. The third-order valence-corrected chi connectivity index (χ3v) is 10.1. The van der Waals surface area contributed by atoms with E-state index in [1.165, 1.54) is 60.5 Å². The minimum atomic E-state index is -3.46. The van der Waals surface area contributed by atoms with Crippen molar-refractivity contribution in [3.63, 3.8) is 0 Å². The van der Waals surface area contributed by atoms with Crippen molar-refractivity contribution in [1.82, 2.24) is 9.62 Å². The van der Waals surface area contributed by atoms with Gasteiger partial charge in [0, 0.05) is 34.5 Å². The van der Waals surface area contributed by atoms with Crippen molar-refractivity contribution in [2.75, 3.05) is 19.7 Å². The molecule has 0 radical (unpaired) electrons. The fourth-order valence-electron chi connectivity index (χ4n) is 5.37. The molecule has 1 unspecified atom stereocenters. The molecule has 2 aromatic carbocycles. The summed E-state index contributed by atoms with van der Waals surface area (Å²) in [5, 5.41) is 0. The first-order valence-corrected chi connectivity index (χ1v) is 16.2. The van der Waals surface area contributed by atoms with E-state index in [1.54, 1.807) is 18.2 Å². The Hall–Kier alpha value is -2.17. The van der Waals surface area contributed by atoms with Crippen molar-refractivity contribution in [3.05, 3.63) is 70.6 Å². The maximum Gasteiger partial charge on any atom is 0.298 e. The van der Waals surface area contributed by atoms with E-state index in [0.717, 1.165) is 28.1 Å². The highest BCUT2D eigenvalue weighted by atomic mass is 35.5.